The normalized spacial score (nSPS) is 21.0. The Morgan fingerprint density at radius 2 is 2.10 bits per heavy atom. The van der Waals surface area contributed by atoms with Crippen molar-refractivity contribution in [3.63, 3.8) is 0 Å². The third-order valence-electron chi connectivity index (χ3n) is 3.19. The molecule has 1 aromatic carbocycles. The molecule has 2 atom stereocenters. The molecule has 0 aromatic heterocycles. The highest BCUT2D eigenvalue weighted by Gasteiger charge is 2.30. The lowest BCUT2D eigenvalue weighted by Crippen LogP contribution is -2.24. The number of esters is 1. The van der Waals surface area contributed by atoms with Gasteiger partial charge in [0.15, 0.2) is 0 Å². The maximum absolute atomic E-state index is 11.9. The molecule has 2 rings (SSSR count). The molecule has 8 heteroatoms. The molecule has 1 aliphatic carbocycles. The van der Waals surface area contributed by atoms with Crippen molar-refractivity contribution in [3.8, 4) is 0 Å². The number of hydrogen-bond acceptors (Lipinski definition) is 5. The van der Waals surface area contributed by atoms with E-state index in [0.29, 0.717) is 12.8 Å². The summed E-state index contributed by atoms with van der Waals surface area (Å²) in [6.45, 7) is 0. The molecule has 0 unspecified atom stereocenters. The van der Waals surface area contributed by atoms with Gasteiger partial charge in [-0.05, 0) is 36.9 Å². The number of nitro benzene ring substituents is 1. The standard InChI is InChI=1S/C12H12N4O4/c13-15-14-10-2-1-3-11(10)20-12(17)8-4-6-9(7-5-8)16(18)19/h4-7,10-11H,1-3H2/t10-,11+/m1/s1. The number of benzene rings is 1. The molecule has 0 aliphatic heterocycles. The number of hydrogen-bond donors (Lipinski definition) is 0. The van der Waals surface area contributed by atoms with Gasteiger partial charge in [0, 0.05) is 17.0 Å². The van der Waals surface area contributed by atoms with Crippen LogP contribution in [0.2, 0.25) is 0 Å². The van der Waals surface area contributed by atoms with Crippen LogP contribution in [0.4, 0.5) is 5.69 Å². The number of nitro groups is 1. The molecule has 0 saturated heterocycles. The summed E-state index contributed by atoms with van der Waals surface area (Å²) in [4.78, 5) is 24.6. The molecular weight excluding hydrogens is 264 g/mol. The van der Waals surface area contributed by atoms with Gasteiger partial charge >= 0.3 is 5.97 Å². The monoisotopic (exact) mass is 276 g/mol. The molecule has 1 aliphatic rings. The number of carbonyl (C=O) groups is 1. The zero-order valence-electron chi connectivity index (χ0n) is 10.5. The summed E-state index contributed by atoms with van der Waals surface area (Å²) in [5.41, 5.74) is 8.58. The van der Waals surface area contributed by atoms with Crippen LogP contribution in [-0.2, 0) is 4.74 Å². The van der Waals surface area contributed by atoms with E-state index >= 15 is 0 Å². The first-order chi connectivity index (χ1) is 9.61. The third kappa shape index (κ3) is 3.04. The average Bonchev–Trinajstić information content (AvgIpc) is 2.86. The zero-order valence-corrected chi connectivity index (χ0v) is 10.5. The van der Waals surface area contributed by atoms with Gasteiger partial charge in [-0.3, -0.25) is 10.1 Å². The number of non-ortho nitro benzene ring substituents is 1. The van der Waals surface area contributed by atoms with Crippen LogP contribution in [0.25, 0.3) is 10.4 Å². The van der Waals surface area contributed by atoms with Crippen LogP contribution in [-0.4, -0.2) is 23.0 Å². The smallest absolute Gasteiger partial charge is 0.338 e. The minimum atomic E-state index is -0.565. The highest BCUT2D eigenvalue weighted by molar-refractivity contribution is 5.89. The van der Waals surface area contributed by atoms with Crippen molar-refractivity contribution in [2.75, 3.05) is 0 Å². The lowest BCUT2D eigenvalue weighted by atomic mass is 10.2. The maximum atomic E-state index is 11.9. The van der Waals surface area contributed by atoms with Gasteiger partial charge in [-0.1, -0.05) is 5.11 Å². The highest BCUT2D eigenvalue weighted by Crippen LogP contribution is 2.26. The van der Waals surface area contributed by atoms with Gasteiger partial charge in [-0.25, -0.2) is 4.79 Å². The van der Waals surface area contributed by atoms with Gasteiger partial charge in [-0.2, -0.15) is 0 Å². The Labute approximate surface area is 114 Å². The largest absolute Gasteiger partial charge is 0.458 e. The minimum absolute atomic E-state index is 0.0885. The van der Waals surface area contributed by atoms with Gasteiger partial charge in [0.1, 0.15) is 6.10 Å². The molecule has 0 amide bonds. The Hall–Kier alpha value is -2.60. The fourth-order valence-corrected chi connectivity index (χ4v) is 2.17. The quantitative estimate of drug-likeness (QED) is 0.210. The second kappa shape index (κ2) is 6.03. The number of ether oxygens (including phenoxy) is 1. The first-order valence-electron chi connectivity index (χ1n) is 6.11. The van der Waals surface area contributed by atoms with Crippen molar-refractivity contribution in [2.45, 2.75) is 31.4 Å². The van der Waals surface area contributed by atoms with Crippen LogP contribution in [0.15, 0.2) is 29.4 Å². The fourth-order valence-electron chi connectivity index (χ4n) is 2.17. The summed E-state index contributed by atoms with van der Waals surface area (Å²) in [5.74, 6) is -0.565. The number of carbonyl (C=O) groups excluding carboxylic acids is 1. The summed E-state index contributed by atoms with van der Waals surface area (Å²) >= 11 is 0. The van der Waals surface area contributed by atoms with Gasteiger partial charge in [0.2, 0.25) is 0 Å². The van der Waals surface area contributed by atoms with Gasteiger partial charge in [0.25, 0.3) is 5.69 Å². The van der Waals surface area contributed by atoms with E-state index < -0.39 is 17.0 Å². The van der Waals surface area contributed by atoms with Crippen molar-refractivity contribution in [2.24, 2.45) is 5.11 Å². The Kier molecular flexibility index (Phi) is 4.17. The number of nitrogens with zero attached hydrogens (tertiary/aromatic N) is 4. The Morgan fingerprint density at radius 1 is 1.40 bits per heavy atom. The van der Waals surface area contributed by atoms with Crippen molar-refractivity contribution >= 4 is 11.7 Å². The van der Waals surface area contributed by atoms with Crippen LogP contribution >= 0.6 is 0 Å². The molecule has 0 radical (unpaired) electrons. The molecule has 1 saturated carbocycles. The van der Waals surface area contributed by atoms with Crippen LogP contribution in [0.1, 0.15) is 29.6 Å². The van der Waals surface area contributed by atoms with Gasteiger partial charge in [-0.15, -0.1) is 0 Å². The molecule has 0 heterocycles. The maximum Gasteiger partial charge on any atom is 0.338 e. The van der Waals surface area contributed by atoms with Crippen LogP contribution in [0, 0.1) is 10.1 Å². The second-order valence-corrected chi connectivity index (χ2v) is 4.45. The lowest BCUT2D eigenvalue weighted by molar-refractivity contribution is -0.384. The SMILES string of the molecule is [N-]=[N+]=N[C@@H]1CCC[C@@H]1OC(=O)c1ccc([N+](=O)[O-])cc1. The number of azide groups is 1. The molecule has 0 bridgehead atoms. The summed E-state index contributed by atoms with van der Waals surface area (Å²) in [5, 5.41) is 14.1. The van der Waals surface area contributed by atoms with Gasteiger partial charge < -0.3 is 4.74 Å². The Balaban J connectivity index is 2.04. The Bertz CT molecular complexity index is 565. The van der Waals surface area contributed by atoms with E-state index in [1.807, 2.05) is 0 Å². The fraction of sp³-hybridized carbons (Fsp3) is 0.417. The lowest BCUT2D eigenvalue weighted by Gasteiger charge is -2.15. The highest BCUT2D eigenvalue weighted by atomic mass is 16.6. The molecule has 8 nitrogen and oxygen atoms in total. The topological polar surface area (TPSA) is 118 Å². The molecule has 0 N–H and O–H groups in total. The van der Waals surface area contributed by atoms with Gasteiger partial charge in [0.05, 0.1) is 16.5 Å². The van der Waals surface area contributed by atoms with E-state index in [1.165, 1.54) is 24.3 Å². The number of rotatable bonds is 4. The Morgan fingerprint density at radius 3 is 2.70 bits per heavy atom. The van der Waals surface area contributed by atoms with E-state index in [0.717, 1.165) is 6.42 Å². The second-order valence-electron chi connectivity index (χ2n) is 4.45. The molecule has 20 heavy (non-hydrogen) atoms. The van der Waals surface area contributed by atoms with E-state index in [4.69, 9.17) is 10.3 Å². The molecule has 104 valence electrons. The predicted octanol–water partition coefficient (Wildman–Crippen LogP) is 2.98. The summed E-state index contributed by atoms with van der Waals surface area (Å²) in [6, 6.07) is 4.85. The molecule has 1 aromatic rings. The van der Waals surface area contributed by atoms with E-state index in [2.05, 4.69) is 10.0 Å². The minimum Gasteiger partial charge on any atom is -0.458 e. The summed E-state index contributed by atoms with van der Waals surface area (Å²) < 4.78 is 5.29. The zero-order chi connectivity index (χ0) is 14.5. The van der Waals surface area contributed by atoms with Crippen molar-refractivity contribution in [1.29, 1.82) is 0 Å². The van der Waals surface area contributed by atoms with E-state index in [9.17, 15) is 14.9 Å². The molecule has 0 spiro atoms. The van der Waals surface area contributed by atoms with Crippen molar-refractivity contribution in [3.05, 3.63) is 50.4 Å². The van der Waals surface area contributed by atoms with E-state index in [1.54, 1.807) is 0 Å². The van der Waals surface area contributed by atoms with Crippen molar-refractivity contribution < 1.29 is 14.5 Å². The van der Waals surface area contributed by atoms with Crippen LogP contribution in [0.5, 0.6) is 0 Å². The van der Waals surface area contributed by atoms with E-state index in [-0.39, 0.29) is 17.3 Å². The first kappa shape index (κ1) is 13.8. The predicted molar refractivity (Wildman–Crippen MR) is 69.1 cm³/mol. The average molecular weight is 276 g/mol. The summed E-state index contributed by atoms with van der Waals surface area (Å²) in [6.07, 6.45) is 1.76. The van der Waals surface area contributed by atoms with Crippen LogP contribution < -0.4 is 0 Å². The molecular formula is C12H12N4O4. The first-order valence-corrected chi connectivity index (χ1v) is 6.11. The summed E-state index contributed by atoms with van der Waals surface area (Å²) in [7, 11) is 0. The molecule has 1 fully saturated rings. The van der Waals surface area contributed by atoms with Crippen LogP contribution in [0.3, 0.4) is 0 Å². The van der Waals surface area contributed by atoms with Crippen molar-refractivity contribution in [1.82, 2.24) is 0 Å². The third-order valence-corrected chi connectivity index (χ3v) is 3.19.